The number of halogens is 1. The lowest BCUT2D eigenvalue weighted by molar-refractivity contribution is 0.299. The number of rotatable bonds is 5. The molecular weight excluding hydrogens is 282 g/mol. The van der Waals surface area contributed by atoms with Crippen LogP contribution in [0.2, 0.25) is 0 Å². The highest BCUT2D eigenvalue weighted by Gasteiger charge is 2.06. The number of alkyl halides is 1. The maximum absolute atomic E-state index is 11.2. The van der Waals surface area contributed by atoms with Gasteiger partial charge in [0.05, 0.1) is 0 Å². The predicted octanol–water partition coefficient (Wildman–Crippen LogP) is 1.32. The van der Waals surface area contributed by atoms with Gasteiger partial charge in [0.2, 0.25) is 10.0 Å². The van der Waals surface area contributed by atoms with Gasteiger partial charge in [0.15, 0.2) is 0 Å². The summed E-state index contributed by atoms with van der Waals surface area (Å²) in [6.45, 7) is 0.0898. The Morgan fingerprint density at radius 2 is 1.87 bits per heavy atom. The topological polar surface area (TPSA) is 66.4 Å². The fraction of sp³-hybridized carbons (Fsp3) is 0.333. The van der Waals surface area contributed by atoms with Crippen molar-refractivity contribution in [1.29, 1.82) is 0 Å². The van der Waals surface area contributed by atoms with E-state index in [-0.39, 0.29) is 11.3 Å². The Kier molecular flexibility index (Phi) is 4.56. The molecule has 1 aromatic rings. The first-order chi connectivity index (χ1) is 7.07. The van der Waals surface area contributed by atoms with Gasteiger partial charge in [-0.05, 0) is 24.1 Å². The molecule has 0 unspecified atom stereocenters. The third kappa shape index (κ3) is 4.19. The van der Waals surface area contributed by atoms with Gasteiger partial charge in [-0.2, -0.15) is 0 Å². The highest BCUT2D eigenvalue weighted by molar-refractivity contribution is 9.10. The third-order valence-electron chi connectivity index (χ3n) is 1.77. The normalized spacial score (nSPS) is 11.3. The molecule has 0 saturated heterocycles. The van der Waals surface area contributed by atoms with Crippen LogP contribution >= 0.6 is 15.9 Å². The summed E-state index contributed by atoms with van der Waals surface area (Å²) in [7, 11) is -3.28. The van der Waals surface area contributed by atoms with Gasteiger partial charge in [0.25, 0.3) is 0 Å². The van der Waals surface area contributed by atoms with Gasteiger partial charge in [-0.1, -0.05) is 28.1 Å². The Balaban J connectivity index is 2.73. The van der Waals surface area contributed by atoms with E-state index in [2.05, 4.69) is 20.7 Å². The largest absolute Gasteiger partial charge is 0.396 e. The number of anilines is 1. The minimum atomic E-state index is -3.28. The summed E-state index contributed by atoms with van der Waals surface area (Å²) in [6, 6.07) is 6.90. The van der Waals surface area contributed by atoms with Crippen LogP contribution in [0.3, 0.4) is 0 Å². The molecule has 1 rings (SSSR count). The molecule has 2 N–H and O–H groups in total. The van der Waals surface area contributed by atoms with Crippen molar-refractivity contribution in [3.63, 3.8) is 0 Å². The molecule has 6 heteroatoms. The highest BCUT2D eigenvalue weighted by Crippen LogP contribution is 2.12. The Labute approximate surface area is 97.5 Å². The molecule has 0 radical (unpaired) electrons. The Bertz CT molecular complexity index is 402. The van der Waals surface area contributed by atoms with E-state index in [9.17, 15) is 8.42 Å². The van der Waals surface area contributed by atoms with Crippen LogP contribution < -0.4 is 4.72 Å². The molecule has 0 aliphatic heterocycles. The monoisotopic (exact) mass is 293 g/mol. The number of aliphatic hydroxyl groups is 1. The molecule has 0 bridgehead atoms. The molecule has 84 valence electrons. The zero-order valence-electron chi connectivity index (χ0n) is 7.98. The van der Waals surface area contributed by atoms with Crippen molar-refractivity contribution in [3.05, 3.63) is 29.8 Å². The van der Waals surface area contributed by atoms with Crippen LogP contribution in [0.4, 0.5) is 5.69 Å². The standard InChI is InChI=1S/C9H12BrNO3S/c10-7-15(13,14)11-9-3-1-8(2-4-9)5-6-12/h1-4,11-12H,5-7H2. The second-order valence-electron chi connectivity index (χ2n) is 3.00. The molecule has 0 aromatic heterocycles. The van der Waals surface area contributed by atoms with Gasteiger partial charge >= 0.3 is 0 Å². The first-order valence-electron chi connectivity index (χ1n) is 4.33. The smallest absolute Gasteiger partial charge is 0.242 e. The third-order valence-corrected chi connectivity index (χ3v) is 4.41. The molecule has 0 aliphatic carbocycles. The predicted molar refractivity (Wildman–Crippen MR) is 63.6 cm³/mol. The van der Waals surface area contributed by atoms with Crippen molar-refractivity contribution >= 4 is 31.6 Å². The first kappa shape index (κ1) is 12.5. The molecule has 0 spiro atoms. The van der Waals surface area contributed by atoms with E-state index in [1.807, 2.05) is 0 Å². The van der Waals surface area contributed by atoms with E-state index in [0.717, 1.165) is 5.56 Å². The lowest BCUT2D eigenvalue weighted by Gasteiger charge is -2.05. The van der Waals surface area contributed by atoms with Gasteiger partial charge in [-0.25, -0.2) is 8.42 Å². The number of hydrogen-bond donors (Lipinski definition) is 2. The van der Waals surface area contributed by atoms with E-state index in [1.54, 1.807) is 24.3 Å². The minimum Gasteiger partial charge on any atom is -0.396 e. The van der Waals surface area contributed by atoms with Crippen LogP contribution in [-0.4, -0.2) is 24.8 Å². The molecule has 0 amide bonds. The molecule has 0 fully saturated rings. The summed E-state index contributed by atoms with van der Waals surface area (Å²) in [4.78, 5) is 0. The second-order valence-corrected chi connectivity index (χ2v) is 6.02. The zero-order chi connectivity index (χ0) is 11.3. The lowest BCUT2D eigenvalue weighted by atomic mass is 10.1. The summed E-state index contributed by atoms with van der Waals surface area (Å²) in [6.07, 6.45) is 0.575. The van der Waals surface area contributed by atoms with Crippen LogP contribution in [0.1, 0.15) is 5.56 Å². The number of aliphatic hydroxyl groups excluding tert-OH is 1. The molecule has 0 saturated carbocycles. The summed E-state index contributed by atoms with van der Waals surface area (Å²) >= 11 is 2.88. The van der Waals surface area contributed by atoms with E-state index in [0.29, 0.717) is 12.1 Å². The van der Waals surface area contributed by atoms with Gasteiger partial charge in [-0.3, -0.25) is 4.72 Å². The average Bonchev–Trinajstić information content (AvgIpc) is 2.21. The Hall–Kier alpha value is -0.590. The quantitative estimate of drug-likeness (QED) is 0.805. The SMILES string of the molecule is O=S(=O)(CBr)Nc1ccc(CCO)cc1. The maximum Gasteiger partial charge on any atom is 0.242 e. The summed E-state index contributed by atoms with van der Waals surface area (Å²) in [5.41, 5.74) is 1.50. The van der Waals surface area contributed by atoms with Crippen molar-refractivity contribution in [3.8, 4) is 0 Å². The molecular formula is C9H12BrNO3S. The van der Waals surface area contributed by atoms with Gasteiger partial charge in [0, 0.05) is 12.3 Å². The van der Waals surface area contributed by atoms with Gasteiger partial charge < -0.3 is 5.11 Å². The Morgan fingerprint density at radius 1 is 1.27 bits per heavy atom. The summed E-state index contributed by atoms with van der Waals surface area (Å²) < 4.78 is 24.6. The van der Waals surface area contributed by atoms with Crippen LogP contribution in [-0.2, 0) is 16.4 Å². The van der Waals surface area contributed by atoms with Gasteiger partial charge in [0.1, 0.15) is 4.66 Å². The maximum atomic E-state index is 11.2. The minimum absolute atomic E-state index is 0.0898. The van der Waals surface area contributed by atoms with Gasteiger partial charge in [-0.15, -0.1) is 0 Å². The summed E-state index contributed by atoms with van der Waals surface area (Å²) in [5.74, 6) is 0. The van der Waals surface area contributed by atoms with Crippen LogP contribution in [0.15, 0.2) is 24.3 Å². The molecule has 15 heavy (non-hydrogen) atoms. The molecule has 4 nitrogen and oxygen atoms in total. The molecule has 1 aromatic carbocycles. The van der Waals surface area contributed by atoms with E-state index < -0.39 is 10.0 Å². The van der Waals surface area contributed by atoms with Crippen molar-refractivity contribution in [2.24, 2.45) is 0 Å². The van der Waals surface area contributed by atoms with Crippen LogP contribution in [0.5, 0.6) is 0 Å². The Morgan fingerprint density at radius 3 is 2.33 bits per heavy atom. The fourth-order valence-electron chi connectivity index (χ4n) is 1.08. The first-order valence-corrected chi connectivity index (χ1v) is 7.11. The number of sulfonamides is 1. The summed E-state index contributed by atoms with van der Waals surface area (Å²) in [5, 5.41) is 8.70. The number of nitrogens with one attached hydrogen (secondary N) is 1. The number of benzene rings is 1. The average molecular weight is 294 g/mol. The molecule has 0 heterocycles. The number of hydrogen-bond acceptors (Lipinski definition) is 3. The fourth-order valence-corrected chi connectivity index (χ4v) is 1.97. The van der Waals surface area contributed by atoms with E-state index in [4.69, 9.17) is 5.11 Å². The van der Waals surface area contributed by atoms with E-state index in [1.165, 1.54) is 0 Å². The molecule has 0 atom stereocenters. The second kappa shape index (κ2) is 5.48. The van der Waals surface area contributed by atoms with Crippen molar-refractivity contribution in [2.45, 2.75) is 6.42 Å². The molecule has 0 aliphatic rings. The van der Waals surface area contributed by atoms with E-state index >= 15 is 0 Å². The lowest BCUT2D eigenvalue weighted by Crippen LogP contribution is -2.13. The zero-order valence-corrected chi connectivity index (χ0v) is 10.4. The van der Waals surface area contributed by atoms with Crippen LogP contribution in [0, 0.1) is 0 Å². The van der Waals surface area contributed by atoms with Crippen molar-refractivity contribution in [2.75, 3.05) is 16.0 Å². The highest BCUT2D eigenvalue weighted by atomic mass is 79.9. The van der Waals surface area contributed by atoms with Crippen LogP contribution in [0.25, 0.3) is 0 Å². The van der Waals surface area contributed by atoms with Crippen molar-refractivity contribution in [1.82, 2.24) is 0 Å². The van der Waals surface area contributed by atoms with Crippen molar-refractivity contribution < 1.29 is 13.5 Å².